The van der Waals surface area contributed by atoms with Crippen molar-refractivity contribution >= 4 is 0 Å². The first-order valence-corrected chi connectivity index (χ1v) is 9.44. The molecule has 0 aliphatic carbocycles. The summed E-state index contributed by atoms with van der Waals surface area (Å²) in [7, 11) is 0. The van der Waals surface area contributed by atoms with Crippen LogP contribution in [0.2, 0.25) is 0 Å². The number of hydrogen-bond donors (Lipinski definition) is 1. The Morgan fingerprint density at radius 3 is 2.68 bits per heavy atom. The van der Waals surface area contributed by atoms with Crippen LogP contribution in [0.3, 0.4) is 0 Å². The van der Waals surface area contributed by atoms with E-state index >= 15 is 0 Å². The van der Waals surface area contributed by atoms with E-state index in [4.69, 9.17) is 9.47 Å². The topological polar surface area (TPSA) is 38.7 Å². The van der Waals surface area contributed by atoms with Crippen molar-refractivity contribution in [3.8, 4) is 16.9 Å². The quantitative estimate of drug-likeness (QED) is 0.725. The molecule has 1 aliphatic heterocycles. The Hall–Kier alpha value is -1.84. The molecule has 0 spiro atoms. The molecule has 1 saturated heterocycles. The highest BCUT2D eigenvalue weighted by atomic mass is 16.7. The molecular weight excluding hydrogens is 312 g/mol. The predicted octanol–water partition coefficient (Wildman–Crippen LogP) is 5.48. The van der Waals surface area contributed by atoms with Gasteiger partial charge in [0, 0.05) is 17.5 Å². The first-order chi connectivity index (χ1) is 12.3. The highest BCUT2D eigenvalue weighted by Crippen LogP contribution is 2.39. The van der Waals surface area contributed by atoms with Gasteiger partial charge >= 0.3 is 0 Å². The van der Waals surface area contributed by atoms with Gasteiger partial charge in [-0.05, 0) is 24.8 Å². The molecule has 2 atom stereocenters. The number of hydrogen-bond acceptors (Lipinski definition) is 3. The molecule has 3 heteroatoms. The molecule has 0 radical (unpaired) electrons. The number of para-hydroxylation sites is 1. The number of unbranched alkanes of at least 4 members (excludes halogenated alkanes) is 1. The molecule has 2 unspecified atom stereocenters. The molecule has 25 heavy (non-hydrogen) atoms. The van der Waals surface area contributed by atoms with Gasteiger partial charge in [0.15, 0.2) is 6.29 Å². The summed E-state index contributed by atoms with van der Waals surface area (Å²) >= 11 is 0. The minimum atomic E-state index is -0.512. The molecule has 3 nitrogen and oxygen atoms in total. The minimum Gasteiger partial charge on any atom is -0.464 e. The number of rotatable bonds is 7. The average Bonchev–Trinajstić information content (AvgIpc) is 2.68. The summed E-state index contributed by atoms with van der Waals surface area (Å²) in [5.74, 6) is 0.768. The van der Waals surface area contributed by atoms with E-state index < -0.39 is 6.10 Å². The maximum Gasteiger partial charge on any atom is 0.199 e. The lowest BCUT2D eigenvalue weighted by Gasteiger charge is -2.27. The smallest absolute Gasteiger partial charge is 0.199 e. The lowest BCUT2D eigenvalue weighted by molar-refractivity contribution is -0.106. The van der Waals surface area contributed by atoms with Crippen molar-refractivity contribution in [2.75, 3.05) is 6.61 Å². The van der Waals surface area contributed by atoms with Crippen LogP contribution in [-0.2, 0) is 4.74 Å². The van der Waals surface area contributed by atoms with Crippen LogP contribution in [0.1, 0.15) is 57.1 Å². The van der Waals surface area contributed by atoms with Gasteiger partial charge in [0.2, 0.25) is 0 Å². The monoisotopic (exact) mass is 340 g/mol. The van der Waals surface area contributed by atoms with Crippen LogP contribution in [-0.4, -0.2) is 18.0 Å². The Labute approximate surface area is 150 Å². The van der Waals surface area contributed by atoms with Gasteiger partial charge < -0.3 is 14.6 Å². The molecule has 2 aromatic rings. The van der Waals surface area contributed by atoms with Crippen molar-refractivity contribution in [2.24, 2.45) is 0 Å². The molecule has 0 bridgehead atoms. The van der Waals surface area contributed by atoms with Gasteiger partial charge in [-0.25, -0.2) is 0 Å². The Bertz CT molecular complexity index is 648. The second-order valence-corrected chi connectivity index (χ2v) is 6.66. The first-order valence-electron chi connectivity index (χ1n) is 9.44. The summed E-state index contributed by atoms with van der Waals surface area (Å²) in [4.78, 5) is 0. The van der Waals surface area contributed by atoms with Crippen LogP contribution in [0.25, 0.3) is 11.1 Å². The first kappa shape index (κ1) is 18.0. The molecule has 1 N–H and O–H groups in total. The fourth-order valence-electron chi connectivity index (χ4n) is 3.28. The SMILES string of the molecule is CCCCC(O)c1cccc(-c2ccccc2)c1OC1CCCCO1. The number of aliphatic hydroxyl groups is 1. The standard InChI is InChI=1S/C22H28O3/c1-2-3-14-20(23)19-13-9-12-18(17-10-5-4-6-11-17)22(19)25-21-15-7-8-16-24-21/h4-6,9-13,20-21,23H,2-3,7-8,14-16H2,1H3. The van der Waals surface area contributed by atoms with Crippen molar-refractivity contribution in [1.29, 1.82) is 0 Å². The second-order valence-electron chi connectivity index (χ2n) is 6.66. The van der Waals surface area contributed by atoms with E-state index in [0.29, 0.717) is 0 Å². The normalized spacial score (nSPS) is 18.7. The van der Waals surface area contributed by atoms with E-state index in [1.807, 2.05) is 30.3 Å². The zero-order valence-corrected chi connectivity index (χ0v) is 15.0. The molecule has 0 saturated carbocycles. The number of benzene rings is 2. The summed E-state index contributed by atoms with van der Waals surface area (Å²) in [5, 5.41) is 10.7. The molecule has 0 aromatic heterocycles. The van der Waals surface area contributed by atoms with Crippen LogP contribution in [0, 0.1) is 0 Å². The summed E-state index contributed by atoms with van der Waals surface area (Å²) in [6.45, 7) is 2.88. The van der Waals surface area contributed by atoms with Gasteiger partial charge in [0.1, 0.15) is 5.75 Å². The Morgan fingerprint density at radius 2 is 1.96 bits per heavy atom. The van der Waals surface area contributed by atoms with Crippen LogP contribution in [0.15, 0.2) is 48.5 Å². The van der Waals surface area contributed by atoms with E-state index in [-0.39, 0.29) is 6.29 Å². The highest BCUT2D eigenvalue weighted by Gasteiger charge is 2.22. The summed E-state index contributed by atoms with van der Waals surface area (Å²) < 4.78 is 12.1. The van der Waals surface area contributed by atoms with Gasteiger partial charge in [0.05, 0.1) is 12.7 Å². The van der Waals surface area contributed by atoms with Crippen LogP contribution >= 0.6 is 0 Å². The van der Waals surface area contributed by atoms with Crippen molar-refractivity contribution < 1.29 is 14.6 Å². The van der Waals surface area contributed by atoms with Gasteiger partial charge in [-0.3, -0.25) is 0 Å². The van der Waals surface area contributed by atoms with Crippen LogP contribution in [0.5, 0.6) is 5.75 Å². The molecule has 134 valence electrons. The molecule has 3 rings (SSSR count). The fourth-order valence-corrected chi connectivity index (χ4v) is 3.28. The third kappa shape index (κ3) is 4.62. The summed E-state index contributed by atoms with van der Waals surface area (Å²) in [6.07, 6.45) is 5.17. The maximum atomic E-state index is 10.7. The van der Waals surface area contributed by atoms with Crippen LogP contribution in [0.4, 0.5) is 0 Å². The van der Waals surface area contributed by atoms with E-state index in [1.165, 1.54) is 0 Å². The Morgan fingerprint density at radius 1 is 1.12 bits per heavy atom. The van der Waals surface area contributed by atoms with Crippen molar-refractivity contribution in [3.63, 3.8) is 0 Å². The van der Waals surface area contributed by atoms with E-state index in [9.17, 15) is 5.11 Å². The van der Waals surface area contributed by atoms with Crippen LogP contribution < -0.4 is 4.74 Å². The third-order valence-corrected chi connectivity index (χ3v) is 4.71. The predicted molar refractivity (Wildman–Crippen MR) is 101 cm³/mol. The zero-order valence-electron chi connectivity index (χ0n) is 15.0. The fraction of sp³-hybridized carbons (Fsp3) is 0.455. The Balaban J connectivity index is 1.96. The van der Waals surface area contributed by atoms with E-state index in [2.05, 4.69) is 25.1 Å². The molecule has 2 aromatic carbocycles. The van der Waals surface area contributed by atoms with Gasteiger partial charge in [0.25, 0.3) is 0 Å². The lowest BCUT2D eigenvalue weighted by atomic mass is 9.96. The van der Waals surface area contributed by atoms with Gasteiger partial charge in [-0.2, -0.15) is 0 Å². The summed E-state index contributed by atoms with van der Waals surface area (Å²) in [5.41, 5.74) is 2.98. The van der Waals surface area contributed by atoms with E-state index in [1.54, 1.807) is 0 Å². The third-order valence-electron chi connectivity index (χ3n) is 4.71. The van der Waals surface area contributed by atoms with Gasteiger partial charge in [-0.15, -0.1) is 0 Å². The zero-order chi connectivity index (χ0) is 17.5. The van der Waals surface area contributed by atoms with Crippen molar-refractivity contribution in [2.45, 2.75) is 57.8 Å². The summed E-state index contributed by atoms with van der Waals surface area (Å²) in [6, 6.07) is 16.2. The van der Waals surface area contributed by atoms with E-state index in [0.717, 1.165) is 67.6 Å². The number of aliphatic hydroxyl groups excluding tert-OH is 1. The largest absolute Gasteiger partial charge is 0.464 e. The molecule has 0 amide bonds. The maximum absolute atomic E-state index is 10.7. The molecule has 1 fully saturated rings. The number of ether oxygens (including phenoxy) is 2. The van der Waals surface area contributed by atoms with Crippen molar-refractivity contribution in [1.82, 2.24) is 0 Å². The highest BCUT2D eigenvalue weighted by molar-refractivity contribution is 5.72. The average molecular weight is 340 g/mol. The van der Waals surface area contributed by atoms with Gasteiger partial charge in [-0.1, -0.05) is 68.3 Å². The molecular formula is C22H28O3. The minimum absolute atomic E-state index is 0.226. The second kappa shape index (κ2) is 9.02. The molecule has 1 heterocycles. The van der Waals surface area contributed by atoms with Crippen molar-refractivity contribution in [3.05, 3.63) is 54.1 Å². The molecule has 1 aliphatic rings. The lowest BCUT2D eigenvalue weighted by Crippen LogP contribution is -2.26. The Kier molecular flexibility index (Phi) is 6.48.